The van der Waals surface area contributed by atoms with Crippen LogP contribution in [-0.4, -0.2) is 27.1 Å². The number of benzene rings is 1. The SMILES string of the molecule is CCCCSc1nnc(SC(C)C(=O)Nc2cccc(C)c2)s1. The normalized spacial score (nSPS) is 12.1. The van der Waals surface area contributed by atoms with Gasteiger partial charge in [0.1, 0.15) is 0 Å². The smallest absolute Gasteiger partial charge is 0.237 e. The summed E-state index contributed by atoms with van der Waals surface area (Å²) in [4.78, 5) is 12.3. The molecule has 124 valence electrons. The lowest BCUT2D eigenvalue weighted by atomic mass is 10.2. The lowest BCUT2D eigenvalue weighted by molar-refractivity contribution is -0.115. The highest BCUT2D eigenvalue weighted by Gasteiger charge is 2.17. The molecule has 0 saturated carbocycles. The summed E-state index contributed by atoms with van der Waals surface area (Å²) in [5, 5.41) is 11.1. The summed E-state index contributed by atoms with van der Waals surface area (Å²) < 4.78 is 1.82. The van der Waals surface area contributed by atoms with Crippen LogP contribution in [0, 0.1) is 6.92 Å². The molecule has 1 aromatic carbocycles. The molecule has 23 heavy (non-hydrogen) atoms. The molecule has 0 fully saturated rings. The van der Waals surface area contributed by atoms with Crippen molar-refractivity contribution in [3.8, 4) is 0 Å². The number of amides is 1. The number of nitrogens with zero attached hydrogens (tertiary/aromatic N) is 2. The fourth-order valence-electron chi connectivity index (χ4n) is 1.78. The van der Waals surface area contributed by atoms with Crippen molar-refractivity contribution >= 4 is 46.5 Å². The van der Waals surface area contributed by atoms with Gasteiger partial charge in [-0.15, -0.1) is 10.2 Å². The first-order valence-corrected chi connectivity index (χ1v) is 10.3. The molecule has 2 aromatic rings. The van der Waals surface area contributed by atoms with Crippen LogP contribution < -0.4 is 5.32 Å². The van der Waals surface area contributed by atoms with Crippen LogP contribution in [0.15, 0.2) is 32.9 Å². The summed E-state index contributed by atoms with van der Waals surface area (Å²) in [6.45, 7) is 6.07. The first-order chi connectivity index (χ1) is 11.1. The van der Waals surface area contributed by atoms with Gasteiger partial charge in [0.25, 0.3) is 0 Å². The third-order valence-electron chi connectivity index (χ3n) is 3.04. The molecule has 0 bridgehead atoms. The number of aryl methyl sites for hydroxylation is 1. The molecule has 1 heterocycles. The van der Waals surface area contributed by atoms with Crippen molar-refractivity contribution in [2.24, 2.45) is 0 Å². The fourth-order valence-corrected chi connectivity index (χ4v) is 5.10. The van der Waals surface area contributed by atoms with E-state index in [1.165, 1.54) is 24.6 Å². The molecule has 0 aliphatic heterocycles. The molecule has 2 rings (SSSR count). The monoisotopic (exact) mass is 367 g/mol. The van der Waals surface area contributed by atoms with Crippen LogP contribution in [-0.2, 0) is 4.79 Å². The van der Waals surface area contributed by atoms with Gasteiger partial charge in [-0.3, -0.25) is 4.79 Å². The molecule has 1 aromatic heterocycles. The molecule has 7 heteroatoms. The number of hydrogen-bond donors (Lipinski definition) is 1. The molecule has 0 aliphatic carbocycles. The second-order valence-electron chi connectivity index (χ2n) is 5.15. The molecule has 4 nitrogen and oxygen atoms in total. The number of hydrogen-bond acceptors (Lipinski definition) is 6. The van der Waals surface area contributed by atoms with E-state index in [9.17, 15) is 4.79 Å². The zero-order valence-corrected chi connectivity index (χ0v) is 16.0. The number of rotatable bonds is 8. The van der Waals surface area contributed by atoms with Crippen molar-refractivity contribution < 1.29 is 4.79 Å². The van der Waals surface area contributed by atoms with Crippen LogP contribution in [0.25, 0.3) is 0 Å². The number of aromatic nitrogens is 2. The summed E-state index contributed by atoms with van der Waals surface area (Å²) in [5.74, 6) is 1.05. The van der Waals surface area contributed by atoms with E-state index in [-0.39, 0.29) is 11.2 Å². The van der Waals surface area contributed by atoms with Crippen molar-refractivity contribution in [1.82, 2.24) is 10.2 Å². The largest absolute Gasteiger partial charge is 0.325 e. The molecule has 1 N–H and O–H groups in total. The highest BCUT2D eigenvalue weighted by molar-refractivity contribution is 8.03. The van der Waals surface area contributed by atoms with Crippen molar-refractivity contribution in [2.45, 2.75) is 47.5 Å². The van der Waals surface area contributed by atoms with Gasteiger partial charge in [-0.1, -0.05) is 60.3 Å². The van der Waals surface area contributed by atoms with Crippen molar-refractivity contribution in [3.05, 3.63) is 29.8 Å². The lowest BCUT2D eigenvalue weighted by Crippen LogP contribution is -2.22. The van der Waals surface area contributed by atoms with Gasteiger partial charge in [0.2, 0.25) is 5.91 Å². The van der Waals surface area contributed by atoms with Gasteiger partial charge in [0, 0.05) is 11.4 Å². The Kier molecular flexibility index (Phi) is 7.39. The summed E-state index contributed by atoms with van der Waals surface area (Å²) in [6, 6.07) is 7.80. The number of anilines is 1. The number of carbonyl (C=O) groups is 1. The highest BCUT2D eigenvalue weighted by Crippen LogP contribution is 2.31. The van der Waals surface area contributed by atoms with Crippen molar-refractivity contribution in [3.63, 3.8) is 0 Å². The molecule has 0 saturated heterocycles. The zero-order chi connectivity index (χ0) is 16.7. The van der Waals surface area contributed by atoms with E-state index >= 15 is 0 Å². The minimum atomic E-state index is -0.211. The maximum Gasteiger partial charge on any atom is 0.237 e. The predicted molar refractivity (Wildman–Crippen MR) is 101 cm³/mol. The number of thioether (sulfide) groups is 2. The Morgan fingerprint density at radius 3 is 2.87 bits per heavy atom. The van der Waals surface area contributed by atoms with Crippen LogP contribution in [0.3, 0.4) is 0 Å². The average molecular weight is 368 g/mol. The third-order valence-corrected chi connectivity index (χ3v) is 6.37. The number of carbonyl (C=O) groups excluding carboxylic acids is 1. The van der Waals surface area contributed by atoms with Crippen molar-refractivity contribution in [2.75, 3.05) is 11.1 Å². The maximum absolute atomic E-state index is 12.3. The topological polar surface area (TPSA) is 54.9 Å². The Morgan fingerprint density at radius 1 is 1.35 bits per heavy atom. The molecule has 1 atom stereocenters. The summed E-state index contributed by atoms with van der Waals surface area (Å²) in [5.41, 5.74) is 1.96. The Morgan fingerprint density at radius 2 is 2.13 bits per heavy atom. The van der Waals surface area contributed by atoms with Gasteiger partial charge in [-0.25, -0.2) is 0 Å². The second kappa shape index (κ2) is 9.30. The predicted octanol–water partition coefficient (Wildman–Crippen LogP) is 4.86. The Balaban J connectivity index is 1.85. The first kappa shape index (κ1) is 18.3. The molecular weight excluding hydrogens is 346 g/mol. The standard InChI is InChI=1S/C16H21N3OS3/c1-4-5-9-21-15-18-19-16(23-15)22-12(3)14(20)17-13-8-6-7-11(2)10-13/h6-8,10,12H,4-5,9H2,1-3H3,(H,17,20). The van der Waals surface area contributed by atoms with Gasteiger partial charge >= 0.3 is 0 Å². The quantitative estimate of drug-likeness (QED) is 0.533. The van der Waals surface area contributed by atoms with E-state index in [0.29, 0.717) is 0 Å². The second-order valence-corrected chi connectivity index (χ2v) is 9.06. The van der Waals surface area contributed by atoms with Gasteiger partial charge in [0.05, 0.1) is 5.25 Å². The zero-order valence-electron chi connectivity index (χ0n) is 13.5. The number of unbranched alkanes of at least 4 members (excludes halogenated alkanes) is 1. The third kappa shape index (κ3) is 6.16. The molecule has 0 aliphatic rings. The summed E-state index contributed by atoms with van der Waals surface area (Å²) in [6.07, 6.45) is 2.37. The first-order valence-electron chi connectivity index (χ1n) is 7.59. The molecule has 0 radical (unpaired) electrons. The molecule has 1 amide bonds. The van der Waals surface area contributed by atoms with Crippen LogP contribution >= 0.6 is 34.9 Å². The molecule has 0 spiro atoms. The van der Waals surface area contributed by atoms with E-state index in [1.807, 2.05) is 38.1 Å². The summed E-state index contributed by atoms with van der Waals surface area (Å²) >= 11 is 4.75. The summed E-state index contributed by atoms with van der Waals surface area (Å²) in [7, 11) is 0. The van der Waals surface area contributed by atoms with E-state index in [2.05, 4.69) is 22.4 Å². The van der Waals surface area contributed by atoms with E-state index < -0.39 is 0 Å². The minimum absolute atomic E-state index is 0.0176. The van der Waals surface area contributed by atoms with Crippen LogP contribution in [0.4, 0.5) is 5.69 Å². The van der Waals surface area contributed by atoms with E-state index in [0.717, 1.165) is 25.7 Å². The van der Waals surface area contributed by atoms with Gasteiger partial charge < -0.3 is 5.32 Å². The van der Waals surface area contributed by atoms with Gasteiger partial charge in [-0.05, 0) is 38.0 Å². The Labute approximate surface area is 149 Å². The average Bonchev–Trinajstić information content (AvgIpc) is 2.95. The van der Waals surface area contributed by atoms with Gasteiger partial charge in [0.15, 0.2) is 8.68 Å². The Hall–Kier alpha value is -1.05. The van der Waals surface area contributed by atoms with Gasteiger partial charge in [-0.2, -0.15) is 0 Å². The van der Waals surface area contributed by atoms with Crippen LogP contribution in [0.2, 0.25) is 0 Å². The van der Waals surface area contributed by atoms with Crippen LogP contribution in [0.5, 0.6) is 0 Å². The maximum atomic E-state index is 12.3. The molecule has 1 unspecified atom stereocenters. The lowest BCUT2D eigenvalue weighted by Gasteiger charge is -2.10. The number of nitrogens with one attached hydrogen (secondary N) is 1. The highest BCUT2D eigenvalue weighted by atomic mass is 32.2. The van der Waals surface area contributed by atoms with Crippen LogP contribution in [0.1, 0.15) is 32.3 Å². The minimum Gasteiger partial charge on any atom is -0.325 e. The molecular formula is C16H21N3OS3. The van der Waals surface area contributed by atoms with Crippen molar-refractivity contribution in [1.29, 1.82) is 0 Å². The fraction of sp³-hybridized carbons (Fsp3) is 0.438. The van der Waals surface area contributed by atoms with E-state index in [1.54, 1.807) is 23.1 Å². The van der Waals surface area contributed by atoms with E-state index in [4.69, 9.17) is 0 Å². The Bertz CT molecular complexity index is 645.